The Morgan fingerprint density at radius 3 is 2.67 bits per heavy atom. The van der Waals surface area contributed by atoms with E-state index in [1.165, 1.54) is 42.4 Å². The third kappa shape index (κ3) is 2.76. The summed E-state index contributed by atoms with van der Waals surface area (Å²) in [4.78, 5) is 0. The zero-order valence-electron chi connectivity index (χ0n) is 15.7. The van der Waals surface area contributed by atoms with Crippen LogP contribution in [0.15, 0.2) is 12.1 Å². The van der Waals surface area contributed by atoms with Crippen molar-refractivity contribution in [3.63, 3.8) is 0 Å². The molecule has 0 bridgehead atoms. The van der Waals surface area contributed by atoms with Crippen LogP contribution in [-0.2, 0) is 23.0 Å². The summed E-state index contributed by atoms with van der Waals surface area (Å²) in [5.41, 5.74) is 4.62. The van der Waals surface area contributed by atoms with E-state index < -0.39 is 0 Å². The second kappa shape index (κ2) is 6.68. The summed E-state index contributed by atoms with van der Waals surface area (Å²) < 4.78 is 11.2. The average molecular weight is 332 g/mol. The number of hydrogen-bond acceptors (Lipinski definition) is 3. The molecule has 1 aromatic rings. The first kappa shape index (κ1) is 17.8. The van der Waals surface area contributed by atoms with Gasteiger partial charge in [0.1, 0.15) is 5.75 Å². The summed E-state index contributed by atoms with van der Waals surface area (Å²) in [5.74, 6) is 1.57. The Hall–Kier alpha value is -1.06. The summed E-state index contributed by atoms with van der Waals surface area (Å²) in [6.45, 7) is 5.90. The highest BCUT2D eigenvalue weighted by atomic mass is 16.5. The lowest BCUT2D eigenvalue weighted by Crippen LogP contribution is -2.51. The van der Waals surface area contributed by atoms with E-state index >= 15 is 0 Å². The number of fused-ring (bicyclic) bond motifs is 3. The molecule has 0 heterocycles. The molecule has 2 aliphatic carbocycles. The maximum Gasteiger partial charge on any atom is 0.119 e. The van der Waals surface area contributed by atoms with Crippen molar-refractivity contribution in [2.45, 2.75) is 57.8 Å². The van der Waals surface area contributed by atoms with E-state index in [0.29, 0.717) is 5.92 Å². The molecule has 0 amide bonds. The SMILES string of the molecule is COC[C@@]1(C)CCC[C@]2(C)c3cc(OC)cc(CCO)c3CCC12. The van der Waals surface area contributed by atoms with Crippen LogP contribution in [0.5, 0.6) is 5.75 Å². The van der Waals surface area contributed by atoms with Crippen molar-refractivity contribution in [2.75, 3.05) is 27.4 Å². The molecular weight excluding hydrogens is 300 g/mol. The van der Waals surface area contributed by atoms with Crippen LogP contribution in [0.4, 0.5) is 0 Å². The van der Waals surface area contributed by atoms with Gasteiger partial charge in [-0.15, -0.1) is 0 Å². The third-order valence-corrected chi connectivity index (χ3v) is 6.76. The molecule has 1 unspecified atom stereocenters. The quantitative estimate of drug-likeness (QED) is 0.889. The van der Waals surface area contributed by atoms with Crippen molar-refractivity contribution in [1.29, 1.82) is 0 Å². The number of aliphatic hydroxyl groups is 1. The predicted molar refractivity (Wildman–Crippen MR) is 96.8 cm³/mol. The lowest BCUT2D eigenvalue weighted by molar-refractivity contribution is -0.0325. The molecule has 0 aromatic heterocycles. The van der Waals surface area contributed by atoms with Crippen molar-refractivity contribution in [3.8, 4) is 5.75 Å². The third-order valence-electron chi connectivity index (χ3n) is 6.76. The molecule has 3 rings (SSSR count). The van der Waals surface area contributed by atoms with Gasteiger partial charge in [0.05, 0.1) is 13.7 Å². The monoisotopic (exact) mass is 332 g/mol. The summed E-state index contributed by atoms with van der Waals surface area (Å²) in [6, 6.07) is 4.39. The van der Waals surface area contributed by atoms with Gasteiger partial charge in [-0.05, 0) is 77.7 Å². The van der Waals surface area contributed by atoms with Gasteiger partial charge < -0.3 is 14.6 Å². The van der Waals surface area contributed by atoms with E-state index in [1.807, 2.05) is 7.11 Å². The smallest absolute Gasteiger partial charge is 0.119 e. The number of methoxy groups -OCH3 is 2. The first-order valence-corrected chi connectivity index (χ1v) is 9.28. The molecular formula is C21H32O3. The van der Waals surface area contributed by atoms with Crippen molar-refractivity contribution in [2.24, 2.45) is 11.3 Å². The minimum Gasteiger partial charge on any atom is -0.497 e. The van der Waals surface area contributed by atoms with E-state index in [2.05, 4.69) is 26.0 Å². The van der Waals surface area contributed by atoms with Crippen molar-refractivity contribution >= 4 is 0 Å². The molecule has 3 nitrogen and oxygen atoms in total. The van der Waals surface area contributed by atoms with Crippen molar-refractivity contribution in [3.05, 3.63) is 28.8 Å². The minimum absolute atomic E-state index is 0.178. The fourth-order valence-electron chi connectivity index (χ4n) is 5.73. The van der Waals surface area contributed by atoms with E-state index in [4.69, 9.17) is 9.47 Å². The molecule has 0 radical (unpaired) electrons. The lowest BCUT2D eigenvalue weighted by atomic mass is 9.49. The first-order chi connectivity index (χ1) is 11.5. The van der Waals surface area contributed by atoms with Gasteiger partial charge >= 0.3 is 0 Å². The van der Waals surface area contributed by atoms with Crippen LogP contribution in [0.25, 0.3) is 0 Å². The molecule has 1 fully saturated rings. The highest BCUT2D eigenvalue weighted by molar-refractivity contribution is 5.48. The summed E-state index contributed by atoms with van der Waals surface area (Å²) in [5, 5.41) is 9.48. The van der Waals surface area contributed by atoms with Gasteiger partial charge in [-0.2, -0.15) is 0 Å². The number of rotatable bonds is 5. The Kier molecular flexibility index (Phi) is 4.94. The molecule has 0 aliphatic heterocycles. The predicted octanol–water partition coefficient (Wildman–Crippen LogP) is 3.89. The first-order valence-electron chi connectivity index (χ1n) is 9.28. The Morgan fingerprint density at radius 1 is 1.21 bits per heavy atom. The number of ether oxygens (including phenoxy) is 2. The van der Waals surface area contributed by atoms with Crippen LogP contribution < -0.4 is 4.74 Å². The summed E-state index contributed by atoms with van der Waals surface area (Å²) >= 11 is 0. The van der Waals surface area contributed by atoms with Crippen molar-refractivity contribution < 1.29 is 14.6 Å². The fourth-order valence-corrected chi connectivity index (χ4v) is 5.73. The highest BCUT2D eigenvalue weighted by Gasteiger charge is 2.52. The van der Waals surface area contributed by atoms with Crippen LogP contribution in [0.2, 0.25) is 0 Å². The van der Waals surface area contributed by atoms with Crippen LogP contribution in [0.1, 0.15) is 56.2 Å². The van der Waals surface area contributed by atoms with Gasteiger partial charge in [0.25, 0.3) is 0 Å². The van der Waals surface area contributed by atoms with Gasteiger partial charge in [-0.1, -0.05) is 20.3 Å². The van der Waals surface area contributed by atoms with E-state index in [1.54, 1.807) is 7.11 Å². The fraction of sp³-hybridized carbons (Fsp3) is 0.714. The highest BCUT2D eigenvalue weighted by Crippen LogP contribution is 2.58. The molecule has 2 aliphatic rings. The normalized spacial score (nSPS) is 32.1. The molecule has 1 N–H and O–H groups in total. The lowest BCUT2D eigenvalue weighted by Gasteiger charge is -2.55. The van der Waals surface area contributed by atoms with E-state index in [0.717, 1.165) is 25.2 Å². The van der Waals surface area contributed by atoms with Gasteiger partial charge in [0.15, 0.2) is 0 Å². The Labute approximate surface area is 146 Å². The summed E-state index contributed by atoms with van der Waals surface area (Å²) in [7, 11) is 3.57. The largest absolute Gasteiger partial charge is 0.497 e. The molecule has 134 valence electrons. The topological polar surface area (TPSA) is 38.7 Å². The standard InChI is InChI=1S/C21H32O3/c1-20(14-23-3)9-5-10-21(2)18-13-16(24-4)12-15(8-11-22)17(18)6-7-19(20)21/h12-13,19,22H,5-11,14H2,1-4H3/t19?,20-,21-/m1/s1. The maximum atomic E-state index is 9.48. The van der Waals surface area contributed by atoms with Gasteiger partial charge in [0.2, 0.25) is 0 Å². The Morgan fingerprint density at radius 2 is 2.00 bits per heavy atom. The molecule has 1 aromatic carbocycles. The number of aliphatic hydroxyl groups excluding tert-OH is 1. The van der Waals surface area contributed by atoms with Crippen molar-refractivity contribution in [1.82, 2.24) is 0 Å². The van der Waals surface area contributed by atoms with Gasteiger partial charge in [-0.25, -0.2) is 0 Å². The van der Waals surface area contributed by atoms with E-state index in [-0.39, 0.29) is 17.4 Å². The number of benzene rings is 1. The summed E-state index contributed by atoms with van der Waals surface area (Å²) in [6.07, 6.45) is 6.77. The Balaban J connectivity index is 2.10. The molecule has 0 saturated heterocycles. The molecule has 3 atom stereocenters. The molecule has 0 spiro atoms. The van der Waals surface area contributed by atoms with Crippen LogP contribution in [-0.4, -0.2) is 32.5 Å². The zero-order chi connectivity index (χ0) is 17.4. The van der Waals surface area contributed by atoms with E-state index in [9.17, 15) is 5.11 Å². The van der Waals surface area contributed by atoms with Crippen LogP contribution >= 0.6 is 0 Å². The van der Waals surface area contributed by atoms with Crippen LogP contribution in [0, 0.1) is 11.3 Å². The minimum atomic E-state index is 0.178. The maximum absolute atomic E-state index is 9.48. The van der Waals surface area contributed by atoms with Gasteiger partial charge in [0, 0.05) is 13.7 Å². The van der Waals surface area contributed by atoms with Gasteiger partial charge in [-0.3, -0.25) is 0 Å². The molecule has 3 heteroatoms. The van der Waals surface area contributed by atoms with Crippen LogP contribution in [0.3, 0.4) is 0 Å². The number of hydrogen-bond donors (Lipinski definition) is 1. The molecule has 24 heavy (non-hydrogen) atoms. The average Bonchev–Trinajstić information content (AvgIpc) is 2.55. The zero-order valence-corrected chi connectivity index (χ0v) is 15.7. The Bertz CT molecular complexity index is 593. The molecule has 1 saturated carbocycles. The second-order valence-electron chi connectivity index (χ2n) is 8.24. The second-order valence-corrected chi connectivity index (χ2v) is 8.24.